The summed E-state index contributed by atoms with van der Waals surface area (Å²) in [6.45, 7) is 3.71. The van der Waals surface area contributed by atoms with E-state index >= 15 is 0 Å². The molecule has 1 atom stereocenters. The van der Waals surface area contributed by atoms with Gasteiger partial charge in [0.2, 0.25) is 0 Å². The fraction of sp³-hybridized carbons (Fsp3) is 0.400. The highest BCUT2D eigenvalue weighted by Crippen LogP contribution is 2.21. The first kappa shape index (κ1) is 17.4. The summed E-state index contributed by atoms with van der Waals surface area (Å²) in [6, 6.07) is 4.49. The third kappa shape index (κ3) is 3.86. The van der Waals surface area contributed by atoms with E-state index in [4.69, 9.17) is 16.7 Å². The third-order valence-corrected chi connectivity index (χ3v) is 4.06. The predicted octanol–water partition coefficient (Wildman–Crippen LogP) is 2.34. The minimum atomic E-state index is -0.635. The maximum atomic E-state index is 14.0. The summed E-state index contributed by atoms with van der Waals surface area (Å²) in [7, 11) is 0. The van der Waals surface area contributed by atoms with Crippen LogP contribution >= 0.6 is 11.6 Å². The van der Waals surface area contributed by atoms with Crippen molar-refractivity contribution in [3.05, 3.63) is 40.9 Å². The highest BCUT2D eigenvalue weighted by molar-refractivity contribution is 6.30. The lowest BCUT2D eigenvalue weighted by molar-refractivity contribution is 0.0881. The van der Waals surface area contributed by atoms with Crippen molar-refractivity contribution in [2.45, 2.75) is 32.2 Å². The van der Waals surface area contributed by atoms with E-state index in [0.29, 0.717) is 12.8 Å². The molecule has 8 heteroatoms. The van der Waals surface area contributed by atoms with Crippen LogP contribution < -0.4 is 5.32 Å². The topological polar surface area (TPSA) is 80.0 Å². The number of halogens is 2. The van der Waals surface area contributed by atoms with Crippen LogP contribution in [-0.2, 0) is 0 Å². The first-order valence-corrected chi connectivity index (χ1v) is 7.58. The summed E-state index contributed by atoms with van der Waals surface area (Å²) in [6.07, 6.45) is 2.40. The number of nitrogens with one attached hydrogen (secondary N) is 1. The molecular formula is C15H18ClFN4O2. The average molecular weight is 341 g/mol. The molecule has 1 aromatic heterocycles. The Bertz CT molecular complexity index is 707. The number of aromatic nitrogens is 3. The number of nitrogens with zero attached hydrogens (tertiary/aromatic N) is 3. The Morgan fingerprint density at radius 1 is 1.52 bits per heavy atom. The van der Waals surface area contributed by atoms with E-state index < -0.39 is 17.3 Å². The average Bonchev–Trinajstić information content (AvgIpc) is 3.00. The van der Waals surface area contributed by atoms with Crippen molar-refractivity contribution in [3.8, 4) is 5.69 Å². The van der Waals surface area contributed by atoms with Crippen LogP contribution in [0.1, 0.15) is 37.2 Å². The van der Waals surface area contributed by atoms with Gasteiger partial charge in [0.15, 0.2) is 11.5 Å². The fourth-order valence-corrected chi connectivity index (χ4v) is 2.24. The summed E-state index contributed by atoms with van der Waals surface area (Å²) in [5.74, 6) is -1.07. The second-order valence-electron chi connectivity index (χ2n) is 5.46. The van der Waals surface area contributed by atoms with E-state index in [0.717, 1.165) is 4.68 Å². The van der Waals surface area contributed by atoms with Crippen LogP contribution in [0.5, 0.6) is 0 Å². The van der Waals surface area contributed by atoms with Crippen molar-refractivity contribution < 1.29 is 14.3 Å². The SMILES string of the molecule is CCC(C)(CCO)NC(=O)c1cn(-c2cccc(Cl)c2F)nn1. The Labute approximate surface area is 138 Å². The predicted molar refractivity (Wildman–Crippen MR) is 84.2 cm³/mol. The number of hydrogen-bond acceptors (Lipinski definition) is 4. The molecule has 0 radical (unpaired) electrons. The van der Waals surface area contributed by atoms with E-state index in [1.54, 1.807) is 6.07 Å². The molecule has 0 saturated carbocycles. The molecule has 0 bridgehead atoms. The van der Waals surface area contributed by atoms with Crippen LogP contribution in [0.3, 0.4) is 0 Å². The van der Waals surface area contributed by atoms with Gasteiger partial charge in [0.05, 0.1) is 11.2 Å². The lowest BCUT2D eigenvalue weighted by atomic mass is 9.95. The molecule has 0 aliphatic carbocycles. The quantitative estimate of drug-likeness (QED) is 0.846. The summed E-state index contributed by atoms with van der Waals surface area (Å²) in [5, 5.41) is 19.4. The van der Waals surface area contributed by atoms with E-state index in [1.807, 2.05) is 13.8 Å². The van der Waals surface area contributed by atoms with Crippen molar-refractivity contribution in [3.63, 3.8) is 0 Å². The van der Waals surface area contributed by atoms with Crippen LogP contribution in [0.25, 0.3) is 5.69 Å². The van der Waals surface area contributed by atoms with Crippen molar-refractivity contribution >= 4 is 17.5 Å². The Morgan fingerprint density at radius 2 is 2.26 bits per heavy atom. The van der Waals surface area contributed by atoms with E-state index in [1.165, 1.54) is 18.3 Å². The minimum Gasteiger partial charge on any atom is -0.396 e. The summed E-state index contributed by atoms with van der Waals surface area (Å²) in [4.78, 5) is 12.3. The van der Waals surface area contributed by atoms with E-state index in [9.17, 15) is 9.18 Å². The molecule has 6 nitrogen and oxygen atoms in total. The first-order valence-electron chi connectivity index (χ1n) is 7.20. The highest BCUT2D eigenvalue weighted by atomic mass is 35.5. The van der Waals surface area contributed by atoms with Crippen molar-refractivity contribution in [1.29, 1.82) is 0 Å². The van der Waals surface area contributed by atoms with Crippen LogP contribution in [-0.4, -0.2) is 38.2 Å². The Kier molecular flexibility index (Phi) is 5.33. The molecular weight excluding hydrogens is 323 g/mol. The van der Waals surface area contributed by atoms with Gasteiger partial charge in [-0.15, -0.1) is 5.10 Å². The van der Waals surface area contributed by atoms with Gasteiger partial charge in [0, 0.05) is 12.1 Å². The fourth-order valence-electron chi connectivity index (χ4n) is 2.07. The van der Waals surface area contributed by atoms with Gasteiger partial charge in [-0.2, -0.15) is 0 Å². The number of aliphatic hydroxyl groups excluding tert-OH is 1. The number of carbonyl (C=O) groups excluding carboxylic acids is 1. The number of aliphatic hydroxyl groups is 1. The van der Waals surface area contributed by atoms with Gasteiger partial charge in [0.25, 0.3) is 5.91 Å². The monoisotopic (exact) mass is 340 g/mol. The van der Waals surface area contributed by atoms with Crippen LogP contribution in [0.15, 0.2) is 24.4 Å². The van der Waals surface area contributed by atoms with E-state index in [2.05, 4.69) is 15.6 Å². The molecule has 0 spiro atoms. The van der Waals surface area contributed by atoms with Crippen LogP contribution in [0.2, 0.25) is 5.02 Å². The number of hydrogen-bond donors (Lipinski definition) is 2. The number of benzene rings is 1. The maximum absolute atomic E-state index is 14.0. The van der Waals surface area contributed by atoms with Gasteiger partial charge >= 0.3 is 0 Å². The lowest BCUT2D eigenvalue weighted by Gasteiger charge is -2.28. The van der Waals surface area contributed by atoms with Gasteiger partial charge in [-0.05, 0) is 31.9 Å². The summed E-state index contributed by atoms with van der Waals surface area (Å²) in [5.41, 5.74) is -0.378. The Balaban J connectivity index is 2.22. The second kappa shape index (κ2) is 7.06. The van der Waals surface area contributed by atoms with Gasteiger partial charge in [-0.25, -0.2) is 9.07 Å². The number of rotatable bonds is 6. The van der Waals surface area contributed by atoms with Crippen LogP contribution in [0.4, 0.5) is 4.39 Å². The molecule has 1 amide bonds. The van der Waals surface area contributed by atoms with Gasteiger partial charge < -0.3 is 10.4 Å². The molecule has 23 heavy (non-hydrogen) atoms. The van der Waals surface area contributed by atoms with Crippen molar-refractivity contribution in [1.82, 2.24) is 20.3 Å². The van der Waals surface area contributed by atoms with Crippen molar-refractivity contribution in [2.24, 2.45) is 0 Å². The molecule has 2 aromatic rings. The molecule has 2 rings (SSSR count). The number of amides is 1. The molecule has 0 aliphatic heterocycles. The van der Waals surface area contributed by atoms with E-state index in [-0.39, 0.29) is 23.0 Å². The number of carbonyl (C=O) groups is 1. The normalized spacial score (nSPS) is 13.6. The second-order valence-corrected chi connectivity index (χ2v) is 5.87. The van der Waals surface area contributed by atoms with Crippen LogP contribution in [0, 0.1) is 5.82 Å². The standard InChI is InChI=1S/C15H18ClFN4O2/c1-3-15(2,7-8-22)18-14(23)11-9-21(20-19-11)12-6-4-5-10(16)13(12)17/h4-6,9,22H,3,7-8H2,1-2H3,(H,18,23). The van der Waals surface area contributed by atoms with Gasteiger partial charge in [-0.1, -0.05) is 29.8 Å². The molecule has 1 aromatic carbocycles. The zero-order chi connectivity index (χ0) is 17.0. The van der Waals surface area contributed by atoms with Crippen molar-refractivity contribution in [2.75, 3.05) is 6.61 Å². The smallest absolute Gasteiger partial charge is 0.273 e. The maximum Gasteiger partial charge on any atom is 0.273 e. The molecule has 1 heterocycles. The highest BCUT2D eigenvalue weighted by Gasteiger charge is 2.25. The largest absolute Gasteiger partial charge is 0.396 e. The molecule has 1 unspecified atom stereocenters. The molecule has 0 aliphatic rings. The lowest BCUT2D eigenvalue weighted by Crippen LogP contribution is -2.46. The molecule has 0 fully saturated rings. The first-order chi connectivity index (χ1) is 10.9. The third-order valence-electron chi connectivity index (χ3n) is 3.76. The molecule has 124 valence electrons. The van der Waals surface area contributed by atoms with Gasteiger partial charge in [-0.3, -0.25) is 4.79 Å². The molecule has 0 saturated heterocycles. The Hall–Kier alpha value is -1.99. The zero-order valence-corrected chi connectivity index (χ0v) is 13.6. The zero-order valence-electron chi connectivity index (χ0n) is 12.9. The summed E-state index contributed by atoms with van der Waals surface area (Å²) < 4.78 is 15.1. The molecule has 2 N–H and O–H groups in total. The Morgan fingerprint density at radius 3 is 2.91 bits per heavy atom. The minimum absolute atomic E-state index is 0.0366. The summed E-state index contributed by atoms with van der Waals surface area (Å²) >= 11 is 5.73. The van der Waals surface area contributed by atoms with Gasteiger partial charge in [0.1, 0.15) is 5.69 Å².